The van der Waals surface area contributed by atoms with Crippen LogP contribution in [0.2, 0.25) is 0 Å². The molecule has 0 bridgehead atoms. The lowest BCUT2D eigenvalue weighted by Crippen LogP contribution is -2.51. The Bertz CT molecular complexity index is 300. The SMILES string of the molecule is CC(C)C(=O)N1CCN(C(=O)CCCCCI)CC1. The number of unbranched alkanes of at least 4 members (excludes halogenated alkanes) is 2. The lowest BCUT2D eigenvalue weighted by molar-refractivity contribution is -0.141. The van der Waals surface area contributed by atoms with Gasteiger partial charge in [0.1, 0.15) is 0 Å². The van der Waals surface area contributed by atoms with Gasteiger partial charge in [-0.15, -0.1) is 0 Å². The van der Waals surface area contributed by atoms with Gasteiger partial charge >= 0.3 is 0 Å². The topological polar surface area (TPSA) is 40.6 Å². The zero-order valence-corrected chi connectivity index (χ0v) is 14.2. The number of hydrogen-bond acceptors (Lipinski definition) is 2. The Labute approximate surface area is 130 Å². The van der Waals surface area contributed by atoms with Gasteiger partial charge in [-0.25, -0.2) is 0 Å². The van der Waals surface area contributed by atoms with E-state index in [2.05, 4.69) is 22.6 Å². The van der Waals surface area contributed by atoms with Crippen LogP contribution in [-0.2, 0) is 9.59 Å². The summed E-state index contributed by atoms with van der Waals surface area (Å²) in [6.07, 6.45) is 3.99. The number of carbonyl (C=O) groups excluding carboxylic acids is 2. The van der Waals surface area contributed by atoms with Crippen molar-refractivity contribution in [2.24, 2.45) is 5.92 Å². The first-order valence-electron chi connectivity index (χ1n) is 7.18. The molecular formula is C14H25IN2O2. The molecule has 0 aromatic rings. The number of hydrogen-bond donors (Lipinski definition) is 0. The molecule has 0 unspecified atom stereocenters. The smallest absolute Gasteiger partial charge is 0.225 e. The van der Waals surface area contributed by atoms with Crippen LogP contribution < -0.4 is 0 Å². The zero-order valence-electron chi connectivity index (χ0n) is 12.0. The predicted octanol–water partition coefficient (Wildman–Crippen LogP) is 2.31. The summed E-state index contributed by atoms with van der Waals surface area (Å²) in [6.45, 7) is 6.63. The molecule has 2 amide bonds. The third kappa shape index (κ3) is 5.67. The third-order valence-corrected chi connectivity index (χ3v) is 4.23. The fourth-order valence-electron chi connectivity index (χ4n) is 2.25. The van der Waals surface area contributed by atoms with Crippen molar-refractivity contribution < 1.29 is 9.59 Å². The van der Waals surface area contributed by atoms with Gasteiger partial charge in [0, 0.05) is 38.5 Å². The molecule has 0 radical (unpaired) electrons. The van der Waals surface area contributed by atoms with Crippen LogP contribution in [0.15, 0.2) is 0 Å². The second-order valence-corrected chi connectivity index (χ2v) is 6.44. The van der Waals surface area contributed by atoms with Gasteiger partial charge in [-0.2, -0.15) is 0 Å². The number of nitrogens with zero attached hydrogens (tertiary/aromatic N) is 2. The summed E-state index contributed by atoms with van der Waals surface area (Å²) in [5.41, 5.74) is 0. The van der Waals surface area contributed by atoms with Crippen LogP contribution in [-0.4, -0.2) is 52.2 Å². The molecule has 110 valence electrons. The van der Waals surface area contributed by atoms with E-state index in [4.69, 9.17) is 0 Å². The van der Waals surface area contributed by atoms with Crippen molar-refractivity contribution in [2.75, 3.05) is 30.6 Å². The summed E-state index contributed by atoms with van der Waals surface area (Å²) in [5, 5.41) is 0. The van der Waals surface area contributed by atoms with Gasteiger partial charge in [0.15, 0.2) is 0 Å². The number of amides is 2. The maximum Gasteiger partial charge on any atom is 0.225 e. The van der Waals surface area contributed by atoms with E-state index in [1.807, 2.05) is 23.6 Å². The van der Waals surface area contributed by atoms with Crippen molar-refractivity contribution in [1.82, 2.24) is 9.80 Å². The Kier molecular flexibility index (Phi) is 7.71. The van der Waals surface area contributed by atoms with Crippen molar-refractivity contribution in [3.63, 3.8) is 0 Å². The third-order valence-electron chi connectivity index (χ3n) is 3.46. The highest BCUT2D eigenvalue weighted by atomic mass is 127. The second-order valence-electron chi connectivity index (χ2n) is 5.36. The maximum absolute atomic E-state index is 12.0. The fourth-order valence-corrected chi connectivity index (χ4v) is 2.79. The van der Waals surface area contributed by atoms with E-state index in [-0.39, 0.29) is 17.7 Å². The van der Waals surface area contributed by atoms with Crippen LogP contribution in [0.25, 0.3) is 0 Å². The quantitative estimate of drug-likeness (QED) is 0.403. The van der Waals surface area contributed by atoms with Crippen molar-refractivity contribution in [1.29, 1.82) is 0 Å². The summed E-state index contributed by atoms with van der Waals surface area (Å²) in [6, 6.07) is 0. The molecule has 0 aliphatic carbocycles. The van der Waals surface area contributed by atoms with Crippen LogP contribution >= 0.6 is 22.6 Å². The lowest BCUT2D eigenvalue weighted by Gasteiger charge is -2.35. The lowest BCUT2D eigenvalue weighted by atomic mass is 10.1. The monoisotopic (exact) mass is 380 g/mol. The molecule has 1 saturated heterocycles. The van der Waals surface area contributed by atoms with Gasteiger partial charge in [-0.1, -0.05) is 42.9 Å². The molecule has 4 nitrogen and oxygen atoms in total. The number of rotatable bonds is 6. The molecule has 0 N–H and O–H groups in total. The van der Waals surface area contributed by atoms with E-state index >= 15 is 0 Å². The van der Waals surface area contributed by atoms with Gasteiger partial charge in [-0.05, 0) is 17.3 Å². The Balaban J connectivity index is 2.25. The van der Waals surface area contributed by atoms with E-state index in [0.29, 0.717) is 32.6 Å². The average Bonchev–Trinajstić information content (AvgIpc) is 2.42. The van der Waals surface area contributed by atoms with E-state index in [1.165, 1.54) is 10.8 Å². The molecule has 0 saturated carbocycles. The van der Waals surface area contributed by atoms with Gasteiger partial charge in [0.2, 0.25) is 11.8 Å². The van der Waals surface area contributed by atoms with Gasteiger partial charge < -0.3 is 9.80 Å². The molecule has 5 heteroatoms. The molecule has 1 rings (SSSR count). The van der Waals surface area contributed by atoms with E-state index in [0.717, 1.165) is 12.8 Å². The van der Waals surface area contributed by atoms with Crippen LogP contribution in [0.4, 0.5) is 0 Å². The minimum Gasteiger partial charge on any atom is -0.339 e. The minimum absolute atomic E-state index is 0.0514. The summed E-state index contributed by atoms with van der Waals surface area (Å²) < 4.78 is 1.17. The molecular weight excluding hydrogens is 355 g/mol. The minimum atomic E-state index is 0.0514. The first-order chi connectivity index (χ1) is 9.06. The van der Waals surface area contributed by atoms with Crippen molar-refractivity contribution in [3.8, 4) is 0 Å². The first-order valence-corrected chi connectivity index (χ1v) is 8.71. The van der Waals surface area contributed by atoms with E-state index in [1.54, 1.807) is 0 Å². The van der Waals surface area contributed by atoms with E-state index < -0.39 is 0 Å². The standard InChI is InChI=1S/C14H25IN2O2/c1-12(2)14(19)17-10-8-16(9-11-17)13(18)6-4-3-5-7-15/h12H,3-11H2,1-2H3. The number of alkyl halides is 1. The van der Waals surface area contributed by atoms with Crippen molar-refractivity contribution in [3.05, 3.63) is 0 Å². The largest absolute Gasteiger partial charge is 0.339 e. The van der Waals surface area contributed by atoms with Crippen LogP contribution in [0.5, 0.6) is 0 Å². The molecule has 1 aliphatic heterocycles. The molecule has 0 spiro atoms. The molecule has 0 aromatic heterocycles. The Morgan fingerprint density at radius 2 is 1.58 bits per heavy atom. The Hall–Kier alpha value is -0.330. The highest BCUT2D eigenvalue weighted by Crippen LogP contribution is 2.10. The van der Waals surface area contributed by atoms with Gasteiger partial charge in [-0.3, -0.25) is 9.59 Å². The average molecular weight is 380 g/mol. The van der Waals surface area contributed by atoms with Crippen molar-refractivity contribution in [2.45, 2.75) is 39.5 Å². The number of carbonyl (C=O) groups is 2. The highest BCUT2D eigenvalue weighted by Gasteiger charge is 2.24. The first kappa shape index (κ1) is 16.7. The molecule has 0 aromatic carbocycles. The molecule has 1 heterocycles. The maximum atomic E-state index is 12.0. The van der Waals surface area contributed by atoms with Crippen molar-refractivity contribution >= 4 is 34.4 Å². The predicted molar refractivity (Wildman–Crippen MR) is 85.4 cm³/mol. The van der Waals surface area contributed by atoms with Crippen LogP contribution in [0, 0.1) is 5.92 Å². The molecule has 0 atom stereocenters. The molecule has 1 aliphatic rings. The number of halogens is 1. The molecule has 1 fully saturated rings. The normalized spacial score (nSPS) is 16.0. The summed E-state index contributed by atoms with van der Waals surface area (Å²) in [4.78, 5) is 27.6. The fraction of sp³-hybridized carbons (Fsp3) is 0.857. The summed E-state index contributed by atoms with van der Waals surface area (Å²) in [7, 11) is 0. The summed E-state index contributed by atoms with van der Waals surface area (Å²) >= 11 is 2.37. The Morgan fingerprint density at radius 1 is 1.00 bits per heavy atom. The molecule has 19 heavy (non-hydrogen) atoms. The highest BCUT2D eigenvalue weighted by molar-refractivity contribution is 14.1. The summed E-state index contributed by atoms with van der Waals surface area (Å²) in [5.74, 6) is 0.509. The Morgan fingerprint density at radius 3 is 2.11 bits per heavy atom. The van der Waals surface area contributed by atoms with Gasteiger partial charge in [0.05, 0.1) is 0 Å². The van der Waals surface area contributed by atoms with Crippen LogP contribution in [0.1, 0.15) is 39.5 Å². The second kappa shape index (κ2) is 8.76. The number of piperazine rings is 1. The van der Waals surface area contributed by atoms with E-state index in [9.17, 15) is 9.59 Å². The zero-order chi connectivity index (χ0) is 14.3. The van der Waals surface area contributed by atoms with Crippen LogP contribution in [0.3, 0.4) is 0 Å². The van der Waals surface area contributed by atoms with Gasteiger partial charge in [0.25, 0.3) is 0 Å².